The summed E-state index contributed by atoms with van der Waals surface area (Å²) in [4.78, 5) is 0. The van der Waals surface area contributed by atoms with Crippen molar-refractivity contribution in [1.82, 2.24) is 0 Å². The summed E-state index contributed by atoms with van der Waals surface area (Å²) in [5.41, 5.74) is 2.42. The Kier molecular flexibility index (Phi) is 0.861. The minimum Gasteiger partial charge on any atom is -0.0915 e. The molecule has 0 amide bonds. The summed E-state index contributed by atoms with van der Waals surface area (Å²) in [6.45, 7) is 5.84. The summed E-state index contributed by atoms with van der Waals surface area (Å²) in [7, 11) is 0. The molecule has 1 aliphatic rings. The smallest absolute Gasteiger partial charge is 0.0299 e. The van der Waals surface area contributed by atoms with Crippen LogP contribution < -0.4 is 0 Å². The van der Waals surface area contributed by atoms with Crippen LogP contribution in [0.25, 0.3) is 0 Å². The lowest BCUT2D eigenvalue weighted by molar-refractivity contribution is 1.49. The first-order chi connectivity index (χ1) is 3.30. The molecule has 0 aliphatic heterocycles. The van der Waals surface area contributed by atoms with Crippen molar-refractivity contribution >= 4 is 0 Å². The number of allylic oxidation sites excluding steroid dienone is 5. The fourth-order valence-electron chi connectivity index (χ4n) is 0.547. The van der Waals surface area contributed by atoms with E-state index in [1.807, 2.05) is 12.2 Å². The first-order valence-electron chi connectivity index (χ1n) is 2.35. The van der Waals surface area contributed by atoms with Gasteiger partial charge in [0.25, 0.3) is 0 Å². The van der Waals surface area contributed by atoms with Gasteiger partial charge in [0.2, 0.25) is 0 Å². The lowest BCUT2D eigenvalue weighted by Crippen LogP contribution is -1.67. The van der Waals surface area contributed by atoms with Crippen LogP contribution >= 0.6 is 0 Å². The van der Waals surface area contributed by atoms with E-state index >= 15 is 0 Å². The zero-order chi connectivity index (χ0) is 5.28. The summed E-state index contributed by atoms with van der Waals surface area (Å²) in [5, 5.41) is 0. The zero-order valence-electron chi connectivity index (χ0n) is 4.44. The van der Waals surface area contributed by atoms with Gasteiger partial charge in [-0.3, -0.25) is 0 Å². The maximum absolute atomic E-state index is 3.78. The van der Waals surface area contributed by atoms with E-state index in [0.29, 0.717) is 0 Å². The van der Waals surface area contributed by atoms with Crippen LogP contribution in [0.1, 0.15) is 6.92 Å². The third-order valence-electron chi connectivity index (χ3n) is 1.15. The molecule has 0 heteroatoms. The molecule has 0 atom stereocenters. The molecule has 0 fully saturated rings. The Morgan fingerprint density at radius 1 is 1.57 bits per heavy atom. The Morgan fingerprint density at radius 3 is 2.43 bits per heavy atom. The van der Waals surface area contributed by atoms with Crippen molar-refractivity contribution in [2.45, 2.75) is 6.92 Å². The van der Waals surface area contributed by atoms with Crippen LogP contribution in [0.3, 0.4) is 0 Å². The van der Waals surface area contributed by atoms with Crippen LogP contribution in [0.4, 0.5) is 0 Å². The monoisotopic (exact) mass is 92.1 g/mol. The molecule has 0 radical (unpaired) electrons. The summed E-state index contributed by atoms with van der Waals surface area (Å²) < 4.78 is 0. The largest absolute Gasteiger partial charge is 0.0915 e. The molecule has 0 spiro atoms. The normalized spacial score (nSPS) is 17.9. The Morgan fingerprint density at radius 2 is 2.29 bits per heavy atom. The molecular formula is C7H8. The van der Waals surface area contributed by atoms with Crippen LogP contribution in [0.2, 0.25) is 0 Å². The van der Waals surface area contributed by atoms with Crippen LogP contribution in [0.15, 0.2) is 36.0 Å². The first-order valence-corrected chi connectivity index (χ1v) is 2.35. The minimum absolute atomic E-state index is 1.14. The van der Waals surface area contributed by atoms with E-state index in [-0.39, 0.29) is 0 Å². The standard InChI is InChI=1S/C7H8/c1-6-4-3-5-7(6)2/h3-5H,1H2,2H3. The molecule has 0 bridgehead atoms. The van der Waals surface area contributed by atoms with Crippen LogP contribution in [0, 0.1) is 0 Å². The van der Waals surface area contributed by atoms with Crippen LogP contribution in [0.5, 0.6) is 0 Å². The maximum atomic E-state index is 3.78. The fraction of sp³-hybridized carbons (Fsp3) is 0.143. The minimum atomic E-state index is 1.14. The summed E-state index contributed by atoms with van der Waals surface area (Å²) in [6, 6.07) is 0. The molecule has 0 aromatic carbocycles. The molecule has 1 rings (SSSR count). The molecule has 0 aromatic rings. The highest BCUT2D eigenvalue weighted by atomic mass is 14.0. The highest BCUT2D eigenvalue weighted by Crippen LogP contribution is 2.13. The average Bonchev–Trinajstić information content (AvgIpc) is 1.91. The highest BCUT2D eigenvalue weighted by Gasteiger charge is 1.93. The SMILES string of the molecule is C=C1C=CC=C1C. The molecule has 0 nitrogen and oxygen atoms in total. The number of hydrogen-bond acceptors (Lipinski definition) is 0. The van der Waals surface area contributed by atoms with Crippen molar-refractivity contribution in [3.05, 3.63) is 36.0 Å². The van der Waals surface area contributed by atoms with E-state index in [4.69, 9.17) is 0 Å². The zero-order valence-corrected chi connectivity index (χ0v) is 4.44. The van der Waals surface area contributed by atoms with E-state index < -0.39 is 0 Å². The lowest BCUT2D eigenvalue weighted by Gasteiger charge is -1.87. The van der Waals surface area contributed by atoms with Crippen molar-refractivity contribution in [3.63, 3.8) is 0 Å². The Hall–Kier alpha value is -0.780. The van der Waals surface area contributed by atoms with E-state index in [2.05, 4.69) is 19.6 Å². The summed E-state index contributed by atoms with van der Waals surface area (Å²) in [6.07, 6.45) is 6.08. The van der Waals surface area contributed by atoms with E-state index in [1.54, 1.807) is 0 Å². The highest BCUT2D eigenvalue weighted by molar-refractivity contribution is 5.44. The van der Waals surface area contributed by atoms with Crippen molar-refractivity contribution in [1.29, 1.82) is 0 Å². The molecule has 0 saturated carbocycles. The molecule has 0 heterocycles. The third-order valence-corrected chi connectivity index (χ3v) is 1.15. The molecule has 36 valence electrons. The first kappa shape index (κ1) is 4.38. The third kappa shape index (κ3) is 0.637. The van der Waals surface area contributed by atoms with Gasteiger partial charge < -0.3 is 0 Å². The van der Waals surface area contributed by atoms with Crippen molar-refractivity contribution in [3.8, 4) is 0 Å². The molecule has 0 unspecified atom stereocenters. The van der Waals surface area contributed by atoms with Gasteiger partial charge >= 0.3 is 0 Å². The Balaban J connectivity index is 2.89. The maximum Gasteiger partial charge on any atom is -0.0299 e. The van der Waals surface area contributed by atoms with Crippen LogP contribution in [-0.2, 0) is 0 Å². The topological polar surface area (TPSA) is 0 Å². The van der Waals surface area contributed by atoms with Gasteiger partial charge in [0, 0.05) is 0 Å². The van der Waals surface area contributed by atoms with E-state index in [1.165, 1.54) is 5.57 Å². The second-order valence-corrected chi connectivity index (χ2v) is 1.73. The fourth-order valence-corrected chi connectivity index (χ4v) is 0.547. The second-order valence-electron chi connectivity index (χ2n) is 1.73. The average molecular weight is 92.1 g/mol. The van der Waals surface area contributed by atoms with Gasteiger partial charge in [-0.2, -0.15) is 0 Å². The lowest BCUT2D eigenvalue weighted by atomic mass is 10.2. The van der Waals surface area contributed by atoms with Gasteiger partial charge in [-0.05, 0) is 18.1 Å². The molecular weight excluding hydrogens is 84.1 g/mol. The van der Waals surface area contributed by atoms with E-state index in [9.17, 15) is 0 Å². The van der Waals surface area contributed by atoms with E-state index in [0.717, 1.165) is 5.57 Å². The molecule has 0 aromatic heterocycles. The Bertz CT molecular complexity index is 147. The Labute approximate surface area is 43.9 Å². The van der Waals surface area contributed by atoms with Gasteiger partial charge in [-0.1, -0.05) is 24.8 Å². The number of hydrogen-bond donors (Lipinski definition) is 0. The second kappa shape index (κ2) is 1.38. The summed E-state index contributed by atoms with van der Waals surface area (Å²) >= 11 is 0. The predicted octanol–water partition coefficient (Wildman–Crippen LogP) is 2.06. The van der Waals surface area contributed by atoms with Crippen LogP contribution in [-0.4, -0.2) is 0 Å². The van der Waals surface area contributed by atoms with Gasteiger partial charge in [0.15, 0.2) is 0 Å². The quantitative estimate of drug-likeness (QED) is 0.429. The molecule has 1 aliphatic carbocycles. The molecule has 0 N–H and O–H groups in total. The molecule has 7 heavy (non-hydrogen) atoms. The predicted molar refractivity (Wildman–Crippen MR) is 32.0 cm³/mol. The van der Waals surface area contributed by atoms with Crippen molar-refractivity contribution in [2.24, 2.45) is 0 Å². The molecule has 0 saturated heterocycles. The summed E-state index contributed by atoms with van der Waals surface area (Å²) in [5.74, 6) is 0. The number of rotatable bonds is 0. The van der Waals surface area contributed by atoms with Crippen molar-refractivity contribution < 1.29 is 0 Å². The van der Waals surface area contributed by atoms with Crippen molar-refractivity contribution in [2.75, 3.05) is 0 Å². The van der Waals surface area contributed by atoms with Gasteiger partial charge in [0.05, 0.1) is 0 Å². The van der Waals surface area contributed by atoms with Gasteiger partial charge in [0.1, 0.15) is 0 Å². The van der Waals surface area contributed by atoms with Gasteiger partial charge in [-0.25, -0.2) is 0 Å². The van der Waals surface area contributed by atoms with Gasteiger partial charge in [-0.15, -0.1) is 0 Å².